The Morgan fingerprint density at radius 3 is 1.93 bits per heavy atom. The number of aromatic amines is 2. The lowest BCUT2D eigenvalue weighted by molar-refractivity contribution is -0.136. The number of amides is 4. The second kappa shape index (κ2) is 17.2. The summed E-state index contributed by atoms with van der Waals surface area (Å²) in [6.07, 6.45) is 5.24. The van der Waals surface area contributed by atoms with Crippen LogP contribution in [0.25, 0.3) is 44.5 Å². The molecule has 2 fully saturated rings. The number of nitrogens with one attached hydrogen (secondary N) is 4. The number of likely N-dealkylation sites (tertiary alicyclic amines) is 2. The van der Waals surface area contributed by atoms with Crippen LogP contribution in [0.3, 0.4) is 0 Å². The van der Waals surface area contributed by atoms with Crippen molar-refractivity contribution in [3.63, 3.8) is 0 Å². The van der Waals surface area contributed by atoms with E-state index in [1.807, 2.05) is 73.9 Å². The molecular formula is C43H53N9O6. The SMILES string of the molecule is CC[C@H](C)[C@H](NC(=O)OC)C(=O)N1CCC[C@H]1c1ncc(-c2ccc3nc(-c4ccc5nc([C@@H]6CCCN6C(=O)[C@@H](NC(=O)OC)[C@@H](C)CC)[nH]c5c4)ccc3c2)[nH]1. The fraction of sp³-hybridized carbons (Fsp3) is 0.465. The first-order chi connectivity index (χ1) is 28.0. The molecule has 0 radical (unpaired) electrons. The summed E-state index contributed by atoms with van der Waals surface area (Å²) in [5.41, 5.74) is 6.01. The Kier molecular flexibility index (Phi) is 12.0. The van der Waals surface area contributed by atoms with Crippen molar-refractivity contribution in [2.45, 2.75) is 90.4 Å². The molecule has 2 saturated heterocycles. The molecular weight excluding hydrogens is 739 g/mol. The maximum atomic E-state index is 13.8. The standard InChI is InChI=1S/C43H53N9O6/c1-7-24(3)36(49-42(55)57-5)40(53)51-19-9-11-34(51)38-44-23-33(48-38)27-14-17-29-26(21-27)13-16-30(45-29)28-15-18-31-32(22-28)47-39(46-31)35-12-10-20-52(35)41(54)37(25(4)8-2)50-43(56)58-6/h13-18,21-25,34-37H,7-12,19-20H2,1-6H3,(H,44,48)(H,46,47)(H,49,55)(H,50,56)/t24-,25-,34-,35-,36-,37-/m0/s1. The van der Waals surface area contributed by atoms with Crippen molar-refractivity contribution in [1.29, 1.82) is 0 Å². The summed E-state index contributed by atoms with van der Waals surface area (Å²) < 4.78 is 9.62. The van der Waals surface area contributed by atoms with E-state index >= 15 is 0 Å². The molecule has 0 bridgehead atoms. The van der Waals surface area contributed by atoms with Crippen LogP contribution in [0.5, 0.6) is 0 Å². The molecule has 0 aliphatic carbocycles. The number of alkyl carbamates (subject to hydrolysis) is 2. The van der Waals surface area contributed by atoms with E-state index in [1.165, 1.54) is 14.2 Å². The molecule has 15 heteroatoms. The molecule has 58 heavy (non-hydrogen) atoms. The van der Waals surface area contributed by atoms with Crippen molar-refractivity contribution in [3.05, 3.63) is 66.4 Å². The number of methoxy groups -OCH3 is 2. The minimum absolute atomic E-state index is 0.0627. The first-order valence-electron chi connectivity index (χ1n) is 20.3. The van der Waals surface area contributed by atoms with Crippen molar-refractivity contribution >= 4 is 45.9 Å². The largest absolute Gasteiger partial charge is 0.453 e. The molecule has 6 atom stereocenters. The highest BCUT2D eigenvalue weighted by Gasteiger charge is 2.39. The molecule has 15 nitrogen and oxygen atoms in total. The molecule has 2 aromatic carbocycles. The van der Waals surface area contributed by atoms with Gasteiger partial charge in [-0.05, 0) is 67.9 Å². The van der Waals surface area contributed by atoms with Crippen molar-refractivity contribution in [3.8, 4) is 22.5 Å². The number of fused-ring (bicyclic) bond motifs is 2. The van der Waals surface area contributed by atoms with E-state index in [0.29, 0.717) is 18.9 Å². The number of aromatic nitrogens is 5. The van der Waals surface area contributed by atoms with Gasteiger partial charge in [-0.25, -0.2) is 24.5 Å². The molecule has 4 amide bonds. The van der Waals surface area contributed by atoms with Gasteiger partial charge in [-0.3, -0.25) is 9.59 Å². The van der Waals surface area contributed by atoms with Gasteiger partial charge in [0.05, 0.1) is 60.4 Å². The van der Waals surface area contributed by atoms with E-state index in [2.05, 4.69) is 32.7 Å². The molecule has 4 N–H and O–H groups in total. The van der Waals surface area contributed by atoms with Gasteiger partial charge in [0.1, 0.15) is 23.7 Å². The molecule has 0 saturated carbocycles. The van der Waals surface area contributed by atoms with Gasteiger partial charge in [-0.15, -0.1) is 0 Å². The first kappa shape index (κ1) is 40.2. The molecule has 0 spiro atoms. The average Bonchev–Trinajstić information content (AvgIpc) is 4.09. The van der Waals surface area contributed by atoms with Crippen LogP contribution in [-0.4, -0.2) is 98.1 Å². The Morgan fingerprint density at radius 1 is 0.741 bits per heavy atom. The van der Waals surface area contributed by atoms with Gasteiger partial charge in [0.25, 0.3) is 0 Å². The highest BCUT2D eigenvalue weighted by atomic mass is 16.5. The Bertz CT molecular complexity index is 2300. The van der Waals surface area contributed by atoms with Crippen LogP contribution < -0.4 is 10.6 Å². The number of ether oxygens (including phenoxy) is 2. The summed E-state index contributed by atoms with van der Waals surface area (Å²) in [5.74, 6) is 1.04. The van der Waals surface area contributed by atoms with E-state index in [0.717, 1.165) is 88.8 Å². The van der Waals surface area contributed by atoms with Crippen molar-refractivity contribution < 1.29 is 28.7 Å². The third kappa shape index (κ3) is 8.07. The highest BCUT2D eigenvalue weighted by molar-refractivity contribution is 5.89. The number of imidazole rings is 2. The van der Waals surface area contributed by atoms with Crippen LogP contribution in [-0.2, 0) is 19.1 Å². The third-order valence-electron chi connectivity index (χ3n) is 12.0. The minimum Gasteiger partial charge on any atom is -0.453 e. The maximum absolute atomic E-state index is 13.8. The summed E-state index contributed by atoms with van der Waals surface area (Å²) in [5, 5.41) is 6.47. The third-order valence-corrected chi connectivity index (χ3v) is 12.0. The number of hydrogen-bond donors (Lipinski definition) is 4. The summed E-state index contributed by atoms with van der Waals surface area (Å²) in [4.78, 5) is 77.0. The zero-order chi connectivity index (χ0) is 41.1. The molecule has 2 aliphatic heterocycles. The Labute approximate surface area is 337 Å². The van der Waals surface area contributed by atoms with Gasteiger partial charge in [-0.1, -0.05) is 58.7 Å². The second-order valence-electron chi connectivity index (χ2n) is 15.5. The van der Waals surface area contributed by atoms with Crippen molar-refractivity contribution in [1.82, 2.24) is 45.4 Å². The van der Waals surface area contributed by atoms with E-state index in [-0.39, 0.29) is 35.7 Å². The van der Waals surface area contributed by atoms with Crippen LogP contribution in [0.1, 0.15) is 90.0 Å². The normalized spacial score (nSPS) is 18.9. The van der Waals surface area contributed by atoms with Crippen LogP contribution in [0.4, 0.5) is 9.59 Å². The molecule has 3 aromatic heterocycles. The first-order valence-corrected chi connectivity index (χ1v) is 20.3. The predicted molar refractivity (Wildman–Crippen MR) is 219 cm³/mol. The lowest BCUT2D eigenvalue weighted by Gasteiger charge is -2.30. The van der Waals surface area contributed by atoms with Crippen LogP contribution in [0, 0.1) is 11.8 Å². The smallest absolute Gasteiger partial charge is 0.407 e. The Hall–Kier alpha value is -5.99. The molecule has 2 aliphatic rings. The number of rotatable bonds is 12. The van der Waals surface area contributed by atoms with Gasteiger partial charge < -0.3 is 39.9 Å². The van der Waals surface area contributed by atoms with E-state index < -0.39 is 24.3 Å². The monoisotopic (exact) mass is 791 g/mol. The number of carbonyl (C=O) groups excluding carboxylic acids is 4. The van der Waals surface area contributed by atoms with E-state index in [9.17, 15) is 19.2 Å². The van der Waals surface area contributed by atoms with Gasteiger partial charge >= 0.3 is 12.2 Å². The summed E-state index contributed by atoms with van der Waals surface area (Å²) in [6, 6.07) is 14.3. The van der Waals surface area contributed by atoms with E-state index in [1.54, 1.807) is 6.20 Å². The fourth-order valence-corrected chi connectivity index (χ4v) is 8.18. The predicted octanol–water partition coefficient (Wildman–Crippen LogP) is 7.04. The van der Waals surface area contributed by atoms with Crippen LogP contribution in [0.2, 0.25) is 0 Å². The van der Waals surface area contributed by atoms with Crippen LogP contribution in [0.15, 0.2) is 54.7 Å². The van der Waals surface area contributed by atoms with Gasteiger partial charge in [-0.2, -0.15) is 0 Å². The molecule has 5 aromatic rings. The van der Waals surface area contributed by atoms with Crippen LogP contribution >= 0.6 is 0 Å². The molecule has 7 rings (SSSR count). The lowest BCUT2D eigenvalue weighted by Crippen LogP contribution is -2.51. The van der Waals surface area contributed by atoms with Gasteiger partial charge in [0.2, 0.25) is 11.8 Å². The zero-order valence-corrected chi connectivity index (χ0v) is 34.0. The Balaban J connectivity index is 1.07. The van der Waals surface area contributed by atoms with Gasteiger partial charge in [0, 0.05) is 29.6 Å². The summed E-state index contributed by atoms with van der Waals surface area (Å²) in [7, 11) is 2.60. The quantitative estimate of drug-likeness (QED) is 0.103. The number of hydrogen-bond acceptors (Lipinski definition) is 9. The number of pyridine rings is 1. The van der Waals surface area contributed by atoms with Crippen molar-refractivity contribution in [2.24, 2.45) is 11.8 Å². The highest BCUT2D eigenvalue weighted by Crippen LogP contribution is 2.36. The fourth-order valence-electron chi connectivity index (χ4n) is 8.18. The molecule has 306 valence electrons. The maximum Gasteiger partial charge on any atom is 0.407 e. The number of H-pyrrole nitrogens is 2. The second-order valence-corrected chi connectivity index (χ2v) is 15.5. The molecule has 5 heterocycles. The number of benzene rings is 2. The lowest BCUT2D eigenvalue weighted by atomic mass is 9.97. The minimum atomic E-state index is -0.687. The average molecular weight is 792 g/mol. The zero-order valence-electron chi connectivity index (χ0n) is 34.0. The summed E-state index contributed by atoms with van der Waals surface area (Å²) >= 11 is 0. The number of carbonyl (C=O) groups is 4. The van der Waals surface area contributed by atoms with Gasteiger partial charge in [0.15, 0.2) is 0 Å². The number of nitrogens with zero attached hydrogens (tertiary/aromatic N) is 5. The Morgan fingerprint density at radius 2 is 1.33 bits per heavy atom. The summed E-state index contributed by atoms with van der Waals surface area (Å²) in [6.45, 7) is 9.07. The van der Waals surface area contributed by atoms with E-state index in [4.69, 9.17) is 24.4 Å². The topological polar surface area (TPSA) is 188 Å². The molecule has 0 unspecified atom stereocenters. The van der Waals surface area contributed by atoms with Crippen molar-refractivity contribution in [2.75, 3.05) is 27.3 Å².